The van der Waals surface area contributed by atoms with Gasteiger partial charge in [-0.05, 0) is 114 Å². The molecule has 3 aromatic carbocycles. The summed E-state index contributed by atoms with van der Waals surface area (Å²) in [5, 5.41) is 4.35. The average Bonchev–Trinajstić information content (AvgIpc) is 3.02. The number of carbonyl (C=O) groups is 2. The number of anilines is 1. The number of carbonyl (C=O) groups excluding carboxylic acids is 2. The van der Waals surface area contributed by atoms with Gasteiger partial charge in [0, 0.05) is 47.2 Å². The number of benzene rings is 3. The summed E-state index contributed by atoms with van der Waals surface area (Å²) in [4.78, 5) is 33.4. The second kappa shape index (κ2) is 15.0. The lowest BCUT2D eigenvalue weighted by Gasteiger charge is -2.18. The fourth-order valence-electron chi connectivity index (χ4n) is 5.18. The van der Waals surface area contributed by atoms with Crippen molar-refractivity contribution in [2.45, 2.75) is 60.8 Å². The zero-order valence-electron chi connectivity index (χ0n) is 27.3. The van der Waals surface area contributed by atoms with Crippen LogP contribution in [0.5, 0.6) is 0 Å². The maximum absolute atomic E-state index is 13.7. The summed E-state index contributed by atoms with van der Waals surface area (Å²) >= 11 is 6.50. The van der Waals surface area contributed by atoms with Crippen LogP contribution in [0.2, 0.25) is 5.02 Å². The van der Waals surface area contributed by atoms with E-state index in [2.05, 4.69) is 25.2 Å². The Bertz CT molecular complexity index is 1770. The van der Waals surface area contributed by atoms with E-state index in [-0.39, 0.29) is 11.8 Å². The van der Waals surface area contributed by atoms with E-state index >= 15 is 0 Å². The minimum Gasteiger partial charge on any atom is -0.467 e. The van der Waals surface area contributed by atoms with Crippen molar-refractivity contribution in [3.05, 3.63) is 117 Å². The Kier molecular flexibility index (Phi) is 11.2. The molecule has 0 bridgehead atoms. The molecule has 4 aromatic rings. The van der Waals surface area contributed by atoms with Crippen molar-refractivity contribution < 1.29 is 14.3 Å². The van der Waals surface area contributed by atoms with E-state index in [0.29, 0.717) is 34.1 Å². The monoisotopic (exact) mass is 623 g/mol. The Morgan fingerprint density at radius 2 is 1.69 bits per heavy atom. The molecule has 0 aliphatic carbocycles. The Morgan fingerprint density at radius 1 is 0.978 bits per heavy atom. The third-order valence-corrected chi connectivity index (χ3v) is 8.10. The van der Waals surface area contributed by atoms with Gasteiger partial charge in [-0.1, -0.05) is 41.4 Å². The molecule has 234 valence electrons. The van der Waals surface area contributed by atoms with E-state index in [1.165, 1.54) is 0 Å². The van der Waals surface area contributed by atoms with Crippen molar-refractivity contribution in [2.24, 2.45) is 0 Å². The van der Waals surface area contributed by atoms with Crippen LogP contribution in [0.15, 0.2) is 89.9 Å². The van der Waals surface area contributed by atoms with E-state index < -0.39 is 0 Å². The van der Waals surface area contributed by atoms with Gasteiger partial charge < -0.3 is 15.0 Å². The van der Waals surface area contributed by atoms with Crippen molar-refractivity contribution in [3.63, 3.8) is 0 Å². The van der Waals surface area contributed by atoms with Gasteiger partial charge in [0.2, 0.25) is 0 Å². The van der Waals surface area contributed by atoms with E-state index in [4.69, 9.17) is 21.3 Å². The molecule has 0 radical (unpaired) electrons. The van der Waals surface area contributed by atoms with Crippen molar-refractivity contribution >= 4 is 40.0 Å². The van der Waals surface area contributed by atoms with E-state index in [9.17, 15) is 9.59 Å². The smallest absolute Gasteiger partial charge is 0.256 e. The van der Waals surface area contributed by atoms with Gasteiger partial charge in [0.25, 0.3) is 11.8 Å². The fraction of sp³-hybridized carbons (Fsp3) is 0.289. The number of aromatic nitrogens is 1. The lowest BCUT2D eigenvalue weighted by Crippen LogP contribution is -2.27. The number of fused-ring (bicyclic) bond motifs is 1. The van der Waals surface area contributed by atoms with Crippen LogP contribution in [0.1, 0.15) is 78.8 Å². The first kappa shape index (κ1) is 33.5. The Balaban J connectivity index is 1.45. The summed E-state index contributed by atoms with van der Waals surface area (Å²) < 4.78 is 5.94. The summed E-state index contributed by atoms with van der Waals surface area (Å²) in [5.41, 5.74) is 7.00. The fourth-order valence-corrected chi connectivity index (χ4v) is 5.42. The number of aryl methyl sites for hydroxylation is 2. The van der Waals surface area contributed by atoms with Crippen LogP contribution in [0.25, 0.3) is 22.2 Å². The van der Waals surface area contributed by atoms with Gasteiger partial charge in [0.1, 0.15) is 5.76 Å². The van der Waals surface area contributed by atoms with Crippen LogP contribution in [-0.2, 0) is 4.74 Å². The molecule has 6 nitrogen and oxygen atoms in total. The van der Waals surface area contributed by atoms with Gasteiger partial charge >= 0.3 is 0 Å². The predicted molar refractivity (Wildman–Crippen MR) is 186 cm³/mol. The van der Waals surface area contributed by atoms with E-state index in [1.807, 2.05) is 71.2 Å². The maximum atomic E-state index is 13.7. The van der Waals surface area contributed by atoms with Gasteiger partial charge in [-0.2, -0.15) is 0 Å². The number of halogens is 1. The highest BCUT2D eigenvalue weighted by atomic mass is 35.5. The number of allylic oxidation sites excluding steroid dienone is 4. The second-order valence-corrected chi connectivity index (χ2v) is 12.1. The summed E-state index contributed by atoms with van der Waals surface area (Å²) in [6.45, 7) is 12.7. The van der Waals surface area contributed by atoms with Crippen LogP contribution < -0.4 is 5.32 Å². The number of rotatable bonds is 11. The Hall–Kier alpha value is -4.42. The van der Waals surface area contributed by atoms with Gasteiger partial charge in [0.05, 0.1) is 22.5 Å². The number of hydrogen-bond donors (Lipinski definition) is 1. The molecule has 7 heteroatoms. The SMILES string of the molecule is C/C=C(/C)OC(CCCCN(C)C(=O)c1ccc(NC(=O)c2cc(-c3ccccc3Cl)nc3c(C)cc(C)cc23)cc1)=C(C)C. The number of pyridine rings is 1. The quantitative estimate of drug-likeness (QED) is 0.133. The first-order valence-electron chi connectivity index (χ1n) is 15.3. The molecule has 0 atom stereocenters. The molecule has 1 heterocycles. The molecule has 1 aromatic heterocycles. The number of unbranched alkanes of at least 4 members (excludes halogenated alkanes) is 1. The molecule has 0 saturated carbocycles. The van der Waals surface area contributed by atoms with Crippen LogP contribution >= 0.6 is 11.6 Å². The molecule has 45 heavy (non-hydrogen) atoms. The number of ether oxygens (including phenoxy) is 1. The highest BCUT2D eigenvalue weighted by Crippen LogP contribution is 2.32. The van der Waals surface area contributed by atoms with Crippen molar-refractivity contribution in [1.29, 1.82) is 0 Å². The number of hydrogen-bond acceptors (Lipinski definition) is 4. The van der Waals surface area contributed by atoms with Crippen LogP contribution in [0.4, 0.5) is 5.69 Å². The van der Waals surface area contributed by atoms with Crippen LogP contribution in [0.3, 0.4) is 0 Å². The largest absolute Gasteiger partial charge is 0.467 e. The molecule has 0 spiro atoms. The minimum atomic E-state index is -0.263. The molecule has 0 aliphatic rings. The van der Waals surface area contributed by atoms with Gasteiger partial charge in [-0.3, -0.25) is 9.59 Å². The zero-order valence-corrected chi connectivity index (χ0v) is 28.0. The standard InChI is InChI=1S/C38H42ClN3O3/c1-8-27(6)45-35(24(2)3)15-11-12-20-42(7)38(44)28-16-18-29(19-17-28)40-37(43)32-23-34(30-13-9-10-14-33(30)39)41-36-26(5)21-25(4)22-31(32)36/h8-10,13-14,16-19,21-23H,11-12,15,20H2,1-7H3,(H,40,43)/b27-8-. The molecular weight excluding hydrogens is 582 g/mol. The molecule has 0 unspecified atom stereocenters. The van der Waals surface area contributed by atoms with Crippen molar-refractivity contribution in [2.75, 3.05) is 18.9 Å². The van der Waals surface area contributed by atoms with E-state index in [0.717, 1.165) is 63.9 Å². The normalized spacial score (nSPS) is 11.3. The summed E-state index contributed by atoms with van der Waals surface area (Å²) in [6.07, 6.45) is 4.56. The maximum Gasteiger partial charge on any atom is 0.256 e. The van der Waals surface area contributed by atoms with Gasteiger partial charge in [-0.15, -0.1) is 0 Å². The topological polar surface area (TPSA) is 71.5 Å². The average molecular weight is 624 g/mol. The zero-order chi connectivity index (χ0) is 32.7. The third-order valence-electron chi connectivity index (χ3n) is 7.77. The van der Waals surface area contributed by atoms with Gasteiger partial charge in [-0.25, -0.2) is 4.98 Å². The third kappa shape index (κ3) is 8.40. The minimum absolute atomic E-state index is 0.0632. The van der Waals surface area contributed by atoms with Crippen molar-refractivity contribution in [1.82, 2.24) is 9.88 Å². The molecule has 4 rings (SSSR count). The second-order valence-electron chi connectivity index (χ2n) is 11.7. The molecule has 0 saturated heterocycles. The first-order chi connectivity index (χ1) is 21.5. The lowest BCUT2D eigenvalue weighted by molar-refractivity contribution is 0.0792. The number of amides is 2. The molecule has 2 amide bonds. The lowest BCUT2D eigenvalue weighted by atomic mass is 9.99. The molecule has 0 aliphatic heterocycles. The number of nitrogens with one attached hydrogen (secondary N) is 1. The highest BCUT2D eigenvalue weighted by molar-refractivity contribution is 6.33. The predicted octanol–water partition coefficient (Wildman–Crippen LogP) is 9.90. The van der Waals surface area contributed by atoms with Crippen molar-refractivity contribution in [3.8, 4) is 11.3 Å². The first-order valence-corrected chi connectivity index (χ1v) is 15.7. The Labute approximate surface area is 271 Å². The molecular formula is C38H42ClN3O3. The van der Waals surface area contributed by atoms with Crippen LogP contribution in [-0.4, -0.2) is 35.3 Å². The van der Waals surface area contributed by atoms with E-state index in [1.54, 1.807) is 35.2 Å². The summed E-state index contributed by atoms with van der Waals surface area (Å²) in [6, 6.07) is 20.3. The number of nitrogens with zero attached hydrogens (tertiary/aromatic N) is 2. The molecule has 1 N–H and O–H groups in total. The van der Waals surface area contributed by atoms with Crippen LogP contribution in [0, 0.1) is 13.8 Å². The summed E-state index contributed by atoms with van der Waals surface area (Å²) in [5.74, 6) is 1.55. The molecule has 0 fully saturated rings. The Morgan fingerprint density at radius 3 is 2.36 bits per heavy atom. The summed E-state index contributed by atoms with van der Waals surface area (Å²) in [7, 11) is 1.81. The van der Waals surface area contributed by atoms with Gasteiger partial charge in [0.15, 0.2) is 0 Å². The highest BCUT2D eigenvalue weighted by Gasteiger charge is 2.18.